The normalized spacial score (nSPS) is 16.5. The van der Waals surface area contributed by atoms with Crippen LogP contribution in [0.1, 0.15) is 76.6 Å². The Kier molecular flexibility index (Phi) is 6.48. The van der Waals surface area contributed by atoms with Crippen molar-refractivity contribution in [2.24, 2.45) is 0 Å². The lowest BCUT2D eigenvalue weighted by Crippen LogP contribution is -2.31. The highest BCUT2D eigenvalue weighted by molar-refractivity contribution is 5.58. The van der Waals surface area contributed by atoms with Crippen molar-refractivity contribution in [1.29, 1.82) is 0 Å². The lowest BCUT2D eigenvalue weighted by molar-refractivity contribution is 0.394. The summed E-state index contributed by atoms with van der Waals surface area (Å²) in [4.78, 5) is 8.29. The molecule has 1 saturated carbocycles. The Hall–Kier alpha value is -1.61. The van der Waals surface area contributed by atoms with Gasteiger partial charge in [0.1, 0.15) is 5.82 Å². The summed E-state index contributed by atoms with van der Waals surface area (Å²) >= 11 is 0. The number of hydrogen-bond acceptors (Lipinski definition) is 2. The van der Waals surface area contributed by atoms with E-state index in [1.54, 1.807) is 0 Å². The molecule has 0 unspecified atom stereocenters. The summed E-state index contributed by atoms with van der Waals surface area (Å²) in [5.74, 6) is 1.11. The van der Waals surface area contributed by atoms with Gasteiger partial charge >= 0.3 is 0 Å². The van der Waals surface area contributed by atoms with Crippen molar-refractivity contribution >= 4 is 0 Å². The molecule has 1 aromatic carbocycles. The number of hydrogen-bond donors (Lipinski definition) is 2. The summed E-state index contributed by atoms with van der Waals surface area (Å²) in [6.45, 7) is 2.27. The fourth-order valence-corrected chi connectivity index (χ4v) is 3.73. The Morgan fingerprint density at radius 3 is 2.67 bits per heavy atom. The smallest absolute Gasteiger partial charge is 0.123 e. The van der Waals surface area contributed by atoms with Crippen LogP contribution in [0, 0.1) is 0 Å². The minimum absolute atomic E-state index is 0.363. The second-order valence-electron chi connectivity index (χ2n) is 7.10. The monoisotopic (exact) mass is 325 g/mol. The molecule has 3 heteroatoms. The van der Waals surface area contributed by atoms with Crippen molar-refractivity contribution in [2.45, 2.75) is 76.8 Å². The number of benzene rings is 1. The molecule has 1 heterocycles. The molecule has 2 aromatic rings. The van der Waals surface area contributed by atoms with Gasteiger partial charge in [-0.1, -0.05) is 75.8 Å². The first kappa shape index (κ1) is 17.2. The second-order valence-corrected chi connectivity index (χ2v) is 7.10. The Balaban J connectivity index is 1.68. The molecule has 0 saturated heterocycles. The van der Waals surface area contributed by atoms with Crippen molar-refractivity contribution < 1.29 is 0 Å². The minimum atomic E-state index is 0.363. The highest BCUT2D eigenvalue weighted by Crippen LogP contribution is 2.26. The van der Waals surface area contributed by atoms with Gasteiger partial charge in [-0.15, -0.1) is 0 Å². The number of aromatic amines is 1. The third-order valence-corrected chi connectivity index (χ3v) is 5.15. The number of aromatic nitrogens is 2. The standard InChI is InChI=1S/C21H31N3/c1-2-3-4-8-15-19(23-18-13-9-10-14-18)21-22-16-20(24-21)17-11-6-5-7-12-17/h5-7,11-12,16,18-19,23H,2-4,8-10,13-15H2,1H3,(H,22,24)/t19-/m0/s1. The van der Waals surface area contributed by atoms with Crippen LogP contribution in [0.15, 0.2) is 36.5 Å². The van der Waals surface area contributed by atoms with Gasteiger partial charge in [0.15, 0.2) is 0 Å². The molecule has 3 nitrogen and oxygen atoms in total. The summed E-state index contributed by atoms with van der Waals surface area (Å²) in [6, 6.07) is 11.5. The molecule has 2 N–H and O–H groups in total. The number of unbranched alkanes of at least 4 members (excludes halogenated alkanes) is 3. The molecule has 3 rings (SSSR count). The zero-order valence-corrected chi connectivity index (χ0v) is 14.9. The first-order valence-corrected chi connectivity index (χ1v) is 9.73. The van der Waals surface area contributed by atoms with Gasteiger partial charge in [0.2, 0.25) is 0 Å². The Labute approximate surface area is 146 Å². The first-order valence-electron chi connectivity index (χ1n) is 9.73. The van der Waals surface area contributed by atoms with E-state index in [-0.39, 0.29) is 0 Å². The Morgan fingerprint density at radius 2 is 1.92 bits per heavy atom. The molecule has 0 bridgehead atoms. The van der Waals surface area contributed by atoms with Crippen molar-refractivity contribution in [3.8, 4) is 11.3 Å². The lowest BCUT2D eigenvalue weighted by atomic mass is 10.1. The third-order valence-electron chi connectivity index (χ3n) is 5.15. The molecule has 130 valence electrons. The minimum Gasteiger partial charge on any atom is -0.341 e. The quantitative estimate of drug-likeness (QED) is 0.587. The van der Waals surface area contributed by atoms with Crippen LogP contribution < -0.4 is 5.32 Å². The summed E-state index contributed by atoms with van der Waals surface area (Å²) in [5, 5.41) is 3.88. The predicted molar refractivity (Wildman–Crippen MR) is 101 cm³/mol. The second kappa shape index (κ2) is 9.03. The van der Waals surface area contributed by atoms with Crippen LogP contribution in [0.25, 0.3) is 11.3 Å². The van der Waals surface area contributed by atoms with E-state index < -0.39 is 0 Å². The van der Waals surface area contributed by atoms with E-state index in [1.807, 2.05) is 6.20 Å². The highest BCUT2D eigenvalue weighted by atomic mass is 15.0. The van der Waals surface area contributed by atoms with Crippen LogP contribution in [0.5, 0.6) is 0 Å². The molecule has 24 heavy (non-hydrogen) atoms. The summed E-state index contributed by atoms with van der Waals surface area (Å²) in [5.41, 5.74) is 2.33. The van der Waals surface area contributed by atoms with Gasteiger partial charge in [-0.3, -0.25) is 0 Å². The van der Waals surface area contributed by atoms with Crippen molar-refractivity contribution in [3.63, 3.8) is 0 Å². The van der Waals surface area contributed by atoms with Gasteiger partial charge in [-0.05, 0) is 24.8 Å². The lowest BCUT2D eigenvalue weighted by Gasteiger charge is -2.21. The van der Waals surface area contributed by atoms with Gasteiger partial charge < -0.3 is 10.3 Å². The third kappa shape index (κ3) is 4.70. The molecule has 0 amide bonds. The van der Waals surface area contributed by atoms with E-state index in [2.05, 4.69) is 47.6 Å². The van der Waals surface area contributed by atoms with Crippen LogP contribution in [0.3, 0.4) is 0 Å². The average Bonchev–Trinajstić information content (AvgIpc) is 3.30. The summed E-state index contributed by atoms with van der Waals surface area (Å²) < 4.78 is 0. The Bertz CT molecular complexity index is 584. The molecule has 0 spiro atoms. The van der Waals surface area contributed by atoms with Gasteiger partial charge in [-0.2, -0.15) is 0 Å². The fourth-order valence-electron chi connectivity index (χ4n) is 3.73. The SMILES string of the molecule is CCCCCC[C@H](NC1CCCC1)c1ncc(-c2ccccc2)[nH]1. The van der Waals surface area contributed by atoms with Gasteiger partial charge in [0.05, 0.1) is 17.9 Å². The van der Waals surface area contributed by atoms with Crippen molar-refractivity contribution in [1.82, 2.24) is 15.3 Å². The van der Waals surface area contributed by atoms with Crippen molar-refractivity contribution in [3.05, 3.63) is 42.4 Å². The zero-order chi connectivity index (χ0) is 16.6. The molecule has 1 fully saturated rings. The van der Waals surface area contributed by atoms with E-state index in [0.29, 0.717) is 12.1 Å². The number of H-pyrrole nitrogens is 1. The summed E-state index contributed by atoms with van der Waals surface area (Å²) in [6.07, 6.45) is 13.8. The van der Waals surface area contributed by atoms with Crippen LogP contribution in [-0.4, -0.2) is 16.0 Å². The molecule has 1 aliphatic carbocycles. The van der Waals surface area contributed by atoms with E-state index in [0.717, 1.165) is 11.5 Å². The largest absolute Gasteiger partial charge is 0.341 e. The van der Waals surface area contributed by atoms with E-state index in [1.165, 1.54) is 63.4 Å². The van der Waals surface area contributed by atoms with Crippen LogP contribution in [-0.2, 0) is 0 Å². The number of nitrogens with zero attached hydrogens (tertiary/aromatic N) is 1. The average molecular weight is 325 g/mol. The van der Waals surface area contributed by atoms with Crippen LogP contribution >= 0.6 is 0 Å². The number of imidazole rings is 1. The van der Waals surface area contributed by atoms with E-state index >= 15 is 0 Å². The summed E-state index contributed by atoms with van der Waals surface area (Å²) in [7, 11) is 0. The van der Waals surface area contributed by atoms with E-state index in [4.69, 9.17) is 4.98 Å². The molecule has 1 aliphatic rings. The molecule has 1 atom stereocenters. The first-order chi connectivity index (χ1) is 11.9. The number of rotatable bonds is 9. The molecule has 1 aromatic heterocycles. The van der Waals surface area contributed by atoms with Gasteiger partial charge in [0, 0.05) is 6.04 Å². The maximum absolute atomic E-state index is 4.72. The molecular weight excluding hydrogens is 294 g/mol. The van der Waals surface area contributed by atoms with Gasteiger partial charge in [0.25, 0.3) is 0 Å². The zero-order valence-electron chi connectivity index (χ0n) is 14.9. The van der Waals surface area contributed by atoms with Gasteiger partial charge in [-0.25, -0.2) is 4.98 Å². The molecule has 0 aliphatic heterocycles. The highest BCUT2D eigenvalue weighted by Gasteiger charge is 2.22. The molecular formula is C21H31N3. The van der Waals surface area contributed by atoms with Crippen LogP contribution in [0.2, 0.25) is 0 Å². The Morgan fingerprint density at radius 1 is 1.12 bits per heavy atom. The van der Waals surface area contributed by atoms with E-state index in [9.17, 15) is 0 Å². The predicted octanol–water partition coefficient (Wildman–Crippen LogP) is 5.62. The fraction of sp³-hybridized carbons (Fsp3) is 0.571. The van der Waals surface area contributed by atoms with Crippen molar-refractivity contribution in [2.75, 3.05) is 0 Å². The maximum Gasteiger partial charge on any atom is 0.123 e. The molecule has 0 radical (unpaired) electrons. The number of nitrogens with one attached hydrogen (secondary N) is 2. The topological polar surface area (TPSA) is 40.7 Å². The van der Waals surface area contributed by atoms with Crippen LogP contribution in [0.4, 0.5) is 0 Å². The maximum atomic E-state index is 4.72.